The lowest BCUT2D eigenvalue weighted by atomic mass is 9.92. The Morgan fingerprint density at radius 3 is 2.67 bits per heavy atom. The fourth-order valence-corrected chi connectivity index (χ4v) is 3.12. The van der Waals surface area contributed by atoms with E-state index < -0.39 is 0 Å². The minimum absolute atomic E-state index is 0.0281. The molecule has 1 aliphatic carbocycles. The molecule has 0 radical (unpaired) electrons. The molecule has 3 unspecified atom stereocenters. The lowest BCUT2D eigenvalue weighted by Gasteiger charge is -2.46. The molecule has 0 aromatic rings. The third-order valence-electron chi connectivity index (χ3n) is 4.44. The molecule has 2 amide bonds. The van der Waals surface area contributed by atoms with E-state index in [-0.39, 0.29) is 29.4 Å². The van der Waals surface area contributed by atoms with Crippen LogP contribution < -0.4 is 5.32 Å². The summed E-state index contributed by atoms with van der Waals surface area (Å²) in [7, 11) is 0. The van der Waals surface area contributed by atoms with Crippen molar-refractivity contribution in [1.82, 2.24) is 10.2 Å². The number of carbonyl (C=O) groups is 2. The van der Waals surface area contributed by atoms with Crippen LogP contribution >= 0.6 is 0 Å². The van der Waals surface area contributed by atoms with Gasteiger partial charge in [0.2, 0.25) is 11.8 Å². The van der Waals surface area contributed by atoms with Crippen molar-refractivity contribution in [3.8, 4) is 0 Å². The summed E-state index contributed by atoms with van der Waals surface area (Å²) < 4.78 is 5.43. The molecule has 2 saturated heterocycles. The second-order valence-corrected chi connectivity index (χ2v) is 6.01. The number of nitrogens with one attached hydrogen (secondary N) is 1. The van der Waals surface area contributed by atoms with Gasteiger partial charge in [0, 0.05) is 6.61 Å². The van der Waals surface area contributed by atoms with E-state index in [1.54, 1.807) is 11.8 Å². The quantitative estimate of drug-likeness (QED) is 0.768. The van der Waals surface area contributed by atoms with Crippen molar-refractivity contribution >= 4 is 11.8 Å². The lowest BCUT2D eigenvalue weighted by Crippen LogP contribution is -2.69. The zero-order valence-corrected chi connectivity index (χ0v) is 10.9. The molecule has 0 bridgehead atoms. The second kappa shape index (κ2) is 3.95. The van der Waals surface area contributed by atoms with Crippen LogP contribution in [0.25, 0.3) is 0 Å². The SMILES string of the molecule is CC1C(=O)NC(C2CC2)C(=O)N1C1(C)CCOC1. The first-order valence-corrected chi connectivity index (χ1v) is 6.74. The maximum Gasteiger partial charge on any atom is 0.246 e. The summed E-state index contributed by atoms with van der Waals surface area (Å²) in [5.41, 5.74) is -0.318. The molecule has 1 N–H and O–H groups in total. The average Bonchev–Trinajstić information content (AvgIpc) is 3.07. The summed E-state index contributed by atoms with van der Waals surface area (Å²) in [5.74, 6) is 0.402. The minimum atomic E-state index is -0.390. The molecule has 2 heterocycles. The molecule has 0 aromatic heterocycles. The predicted octanol–water partition coefficient (Wildman–Crippen LogP) is 0.291. The molecule has 18 heavy (non-hydrogen) atoms. The van der Waals surface area contributed by atoms with Gasteiger partial charge in [0.05, 0.1) is 12.1 Å². The Balaban J connectivity index is 1.89. The van der Waals surface area contributed by atoms with Crippen molar-refractivity contribution in [1.29, 1.82) is 0 Å². The summed E-state index contributed by atoms with van der Waals surface area (Å²) in [4.78, 5) is 26.4. The van der Waals surface area contributed by atoms with Gasteiger partial charge in [0.1, 0.15) is 12.1 Å². The first-order valence-electron chi connectivity index (χ1n) is 6.74. The Kier molecular flexibility index (Phi) is 2.62. The minimum Gasteiger partial charge on any atom is -0.379 e. The molecular weight excluding hydrogens is 232 g/mol. The maximum absolute atomic E-state index is 12.6. The average molecular weight is 252 g/mol. The third kappa shape index (κ3) is 1.72. The third-order valence-corrected chi connectivity index (χ3v) is 4.44. The smallest absolute Gasteiger partial charge is 0.246 e. The van der Waals surface area contributed by atoms with Crippen LogP contribution in [-0.2, 0) is 14.3 Å². The van der Waals surface area contributed by atoms with Gasteiger partial charge in [-0.1, -0.05) is 0 Å². The van der Waals surface area contributed by atoms with Crippen LogP contribution in [-0.4, -0.2) is 47.6 Å². The van der Waals surface area contributed by atoms with Crippen LogP contribution in [0.5, 0.6) is 0 Å². The van der Waals surface area contributed by atoms with Gasteiger partial charge < -0.3 is 15.0 Å². The Bertz CT molecular complexity index is 386. The van der Waals surface area contributed by atoms with E-state index in [9.17, 15) is 9.59 Å². The first kappa shape index (κ1) is 12.0. The Morgan fingerprint density at radius 1 is 1.39 bits per heavy atom. The van der Waals surface area contributed by atoms with Crippen molar-refractivity contribution in [3.63, 3.8) is 0 Å². The first-order chi connectivity index (χ1) is 8.53. The molecule has 5 nitrogen and oxygen atoms in total. The highest BCUT2D eigenvalue weighted by Crippen LogP contribution is 2.38. The van der Waals surface area contributed by atoms with Gasteiger partial charge in [-0.25, -0.2) is 0 Å². The topological polar surface area (TPSA) is 58.6 Å². The highest BCUT2D eigenvalue weighted by atomic mass is 16.5. The highest BCUT2D eigenvalue weighted by Gasteiger charge is 2.51. The number of nitrogens with zero attached hydrogens (tertiary/aromatic N) is 1. The van der Waals surface area contributed by atoms with Crippen molar-refractivity contribution in [2.75, 3.05) is 13.2 Å². The zero-order chi connectivity index (χ0) is 12.9. The van der Waals surface area contributed by atoms with Gasteiger partial charge in [0.25, 0.3) is 0 Å². The van der Waals surface area contributed by atoms with E-state index in [4.69, 9.17) is 4.74 Å². The number of hydrogen-bond donors (Lipinski definition) is 1. The van der Waals surface area contributed by atoms with Crippen molar-refractivity contribution in [2.24, 2.45) is 5.92 Å². The maximum atomic E-state index is 12.6. The number of rotatable bonds is 2. The molecular formula is C13H20N2O3. The molecule has 3 rings (SSSR count). The summed E-state index contributed by atoms with van der Waals surface area (Å²) in [6, 6.07) is -0.690. The summed E-state index contributed by atoms with van der Waals surface area (Å²) >= 11 is 0. The summed E-state index contributed by atoms with van der Waals surface area (Å²) in [5, 5.41) is 2.88. The monoisotopic (exact) mass is 252 g/mol. The number of hydrogen-bond acceptors (Lipinski definition) is 3. The summed E-state index contributed by atoms with van der Waals surface area (Å²) in [6.07, 6.45) is 2.91. The van der Waals surface area contributed by atoms with E-state index in [1.807, 2.05) is 6.92 Å². The lowest BCUT2D eigenvalue weighted by molar-refractivity contribution is -0.156. The van der Waals surface area contributed by atoms with Crippen LogP contribution in [0.15, 0.2) is 0 Å². The Labute approximate surface area is 107 Å². The fourth-order valence-electron chi connectivity index (χ4n) is 3.12. The van der Waals surface area contributed by atoms with Gasteiger partial charge in [-0.2, -0.15) is 0 Å². The van der Waals surface area contributed by atoms with Crippen molar-refractivity contribution in [3.05, 3.63) is 0 Å². The molecule has 2 aliphatic heterocycles. The van der Waals surface area contributed by atoms with E-state index in [2.05, 4.69) is 5.32 Å². The van der Waals surface area contributed by atoms with Crippen molar-refractivity contribution in [2.45, 2.75) is 50.7 Å². The number of piperazine rings is 1. The molecule has 0 spiro atoms. The number of ether oxygens (including phenoxy) is 1. The molecule has 0 aromatic carbocycles. The number of carbonyl (C=O) groups excluding carboxylic acids is 2. The second-order valence-electron chi connectivity index (χ2n) is 6.01. The molecule has 3 atom stereocenters. The fraction of sp³-hybridized carbons (Fsp3) is 0.846. The van der Waals surface area contributed by atoms with Gasteiger partial charge in [-0.15, -0.1) is 0 Å². The normalized spacial score (nSPS) is 41.1. The van der Waals surface area contributed by atoms with Crippen LogP contribution in [0.2, 0.25) is 0 Å². The van der Waals surface area contributed by atoms with Gasteiger partial charge >= 0.3 is 0 Å². The largest absolute Gasteiger partial charge is 0.379 e. The van der Waals surface area contributed by atoms with Crippen LogP contribution in [0, 0.1) is 5.92 Å². The predicted molar refractivity (Wildman–Crippen MR) is 64.8 cm³/mol. The van der Waals surface area contributed by atoms with Gasteiger partial charge in [0.15, 0.2) is 0 Å². The molecule has 3 aliphatic rings. The van der Waals surface area contributed by atoms with E-state index in [0.29, 0.717) is 19.1 Å². The highest BCUT2D eigenvalue weighted by molar-refractivity contribution is 5.97. The van der Waals surface area contributed by atoms with Crippen LogP contribution in [0.3, 0.4) is 0 Å². The van der Waals surface area contributed by atoms with E-state index >= 15 is 0 Å². The standard InChI is InChI=1S/C13H20N2O3/c1-8-11(16)14-10(9-3-4-9)12(17)15(8)13(2)5-6-18-7-13/h8-10H,3-7H2,1-2H3,(H,14,16). The molecule has 1 saturated carbocycles. The number of amides is 2. The van der Waals surface area contributed by atoms with Crippen molar-refractivity contribution < 1.29 is 14.3 Å². The van der Waals surface area contributed by atoms with Gasteiger partial charge in [-0.3, -0.25) is 9.59 Å². The van der Waals surface area contributed by atoms with Crippen LogP contribution in [0.1, 0.15) is 33.1 Å². The Morgan fingerprint density at radius 2 is 2.11 bits per heavy atom. The summed E-state index contributed by atoms with van der Waals surface area (Å²) in [6.45, 7) is 5.04. The molecule has 5 heteroatoms. The van der Waals surface area contributed by atoms with E-state index in [1.165, 1.54) is 0 Å². The van der Waals surface area contributed by atoms with E-state index in [0.717, 1.165) is 19.3 Å². The molecule has 3 fully saturated rings. The zero-order valence-electron chi connectivity index (χ0n) is 10.9. The Hall–Kier alpha value is -1.10. The van der Waals surface area contributed by atoms with Crippen LogP contribution in [0.4, 0.5) is 0 Å². The molecule has 100 valence electrons. The van der Waals surface area contributed by atoms with Gasteiger partial charge in [-0.05, 0) is 39.0 Å².